The van der Waals surface area contributed by atoms with E-state index in [0.29, 0.717) is 10.8 Å². The Bertz CT molecular complexity index is 477. The molecule has 0 aliphatic heterocycles. The van der Waals surface area contributed by atoms with E-state index in [1.165, 1.54) is 0 Å². The SMILES string of the molecule is Cc1c2c(Cl)nc(Cl)nc2nn1C. The third-order valence-corrected chi connectivity index (χ3v) is 2.35. The van der Waals surface area contributed by atoms with Crippen LogP contribution in [0.5, 0.6) is 0 Å². The van der Waals surface area contributed by atoms with Gasteiger partial charge in [0.2, 0.25) is 5.28 Å². The summed E-state index contributed by atoms with van der Waals surface area (Å²) in [6.45, 7) is 1.90. The molecule has 0 bridgehead atoms. The number of aryl methyl sites for hydroxylation is 2. The summed E-state index contributed by atoms with van der Waals surface area (Å²) in [5.74, 6) is 0. The Hall–Kier alpha value is -0.870. The number of fused-ring (bicyclic) bond motifs is 1. The van der Waals surface area contributed by atoms with Gasteiger partial charge < -0.3 is 0 Å². The molecule has 2 rings (SSSR count). The smallest absolute Gasteiger partial charge is 0.225 e. The predicted molar refractivity (Wildman–Crippen MR) is 51.1 cm³/mol. The van der Waals surface area contributed by atoms with Gasteiger partial charge in [0.25, 0.3) is 0 Å². The molecule has 0 aromatic carbocycles. The lowest BCUT2D eigenvalue weighted by Gasteiger charge is -1.94. The van der Waals surface area contributed by atoms with Gasteiger partial charge >= 0.3 is 0 Å². The molecule has 13 heavy (non-hydrogen) atoms. The van der Waals surface area contributed by atoms with Crippen molar-refractivity contribution in [3.05, 3.63) is 16.1 Å². The van der Waals surface area contributed by atoms with Crippen LogP contribution in [0.15, 0.2) is 0 Å². The minimum atomic E-state index is 0.121. The molecule has 0 atom stereocenters. The molecule has 2 heterocycles. The van der Waals surface area contributed by atoms with E-state index < -0.39 is 0 Å². The van der Waals surface area contributed by atoms with E-state index in [-0.39, 0.29) is 5.28 Å². The van der Waals surface area contributed by atoms with Gasteiger partial charge in [0, 0.05) is 12.7 Å². The zero-order chi connectivity index (χ0) is 9.59. The largest absolute Gasteiger partial charge is 0.270 e. The van der Waals surface area contributed by atoms with E-state index in [1.54, 1.807) is 4.68 Å². The zero-order valence-corrected chi connectivity index (χ0v) is 8.56. The molecule has 0 N–H and O–H groups in total. The lowest BCUT2D eigenvalue weighted by Crippen LogP contribution is -1.91. The maximum Gasteiger partial charge on any atom is 0.225 e. The molecule has 2 aromatic heterocycles. The molecule has 0 aliphatic rings. The topological polar surface area (TPSA) is 43.6 Å². The van der Waals surface area contributed by atoms with Crippen LogP contribution in [0.3, 0.4) is 0 Å². The monoisotopic (exact) mass is 216 g/mol. The maximum absolute atomic E-state index is 5.89. The first-order valence-electron chi connectivity index (χ1n) is 3.62. The van der Waals surface area contributed by atoms with Crippen molar-refractivity contribution in [1.82, 2.24) is 19.7 Å². The first-order valence-corrected chi connectivity index (χ1v) is 4.37. The first-order chi connectivity index (χ1) is 6.09. The van der Waals surface area contributed by atoms with Crippen LogP contribution in [0.2, 0.25) is 10.4 Å². The fraction of sp³-hybridized carbons (Fsp3) is 0.286. The lowest BCUT2D eigenvalue weighted by molar-refractivity contribution is 0.748. The molecule has 0 saturated heterocycles. The normalized spacial score (nSPS) is 11.1. The lowest BCUT2D eigenvalue weighted by atomic mass is 10.3. The highest BCUT2D eigenvalue weighted by Gasteiger charge is 2.11. The van der Waals surface area contributed by atoms with Gasteiger partial charge in [0.1, 0.15) is 5.15 Å². The van der Waals surface area contributed by atoms with Crippen LogP contribution in [0.1, 0.15) is 5.69 Å². The molecule has 2 aromatic rings. The van der Waals surface area contributed by atoms with Gasteiger partial charge in [-0.3, -0.25) is 4.68 Å². The van der Waals surface area contributed by atoms with E-state index in [1.807, 2.05) is 14.0 Å². The molecule has 0 spiro atoms. The molecule has 4 nitrogen and oxygen atoms in total. The third-order valence-electron chi connectivity index (χ3n) is 1.91. The van der Waals surface area contributed by atoms with Gasteiger partial charge in [0.05, 0.1) is 5.39 Å². The molecular formula is C7H6Cl2N4. The van der Waals surface area contributed by atoms with E-state index in [9.17, 15) is 0 Å². The highest BCUT2D eigenvalue weighted by molar-refractivity contribution is 6.35. The van der Waals surface area contributed by atoms with Crippen LogP contribution in [-0.2, 0) is 7.05 Å². The molecular weight excluding hydrogens is 211 g/mol. The van der Waals surface area contributed by atoms with Crippen molar-refractivity contribution in [2.75, 3.05) is 0 Å². The maximum atomic E-state index is 5.89. The van der Waals surface area contributed by atoms with Crippen molar-refractivity contribution in [2.24, 2.45) is 7.05 Å². The van der Waals surface area contributed by atoms with Crippen molar-refractivity contribution >= 4 is 34.2 Å². The van der Waals surface area contributed by atoms with Crippen LogP contribution in [0.25, 0.3) is 11.0 Å². The van der Waals surface area contributed by atoms with E-state index in [2.05, 4.69) is 15.1 Å². The standard InChI is InChI=1S/C7H6Cl2N4/c1-3-4-5(8)10-7(9)11-6(4)12-13(3)2/h1-2H3. The molecule has 68 valence electrons. The van der Waals surface area contributed by atoms with Crippen molar-refractivity contribution in [1.29, 1.82) is 0 Å². The van der Waals surface area contributed by atoms with Crippen LogP contribution in [0, 0.1) is 6.92 Å². The summed E-state index contributed by atoms with van der Waals surface area (Å²) in [5.41, 5.74) is 1.46. The Kier molecular flexibility index (Phi) is 1.89. The number of rotatable bonds is 0. The van der Waals surface area contributed by atoms with Gasteiger partial charge in [-0.1, -0.05) is 11.6 Å². The molecule has 0 amide bonds. The Morgan fingerprint density at radius 2 is 1.92 bits per heavy atom. The first kappa shape index (κ1) is 8.72. The molecule has 0 radical (unpaired) electrons. The van der Waals surface area contributed by atoms with Crippen molar-refractivity contribution < 1.29 is 0 Å². The van der Waals surface area contributed by atoms with Gasteiger partial charge in [-0.25, -0.2) is 4.98 Å². The quantitative estimate of drug-likeness (QED) is 0.500. The van der Waals surface area contributed by atoms with Gasteiger partial charge in [-0.05, 0) is 18.5 Å². The average molecular weight is 217 g/mol. The summed E-state index contributed by atoms with van der Waals surface area (Å²) >= 11 is 11.5. The predicted octanol–water partition coefficient (Wildman–Crippen LogP) is 1.98. The highest BCUT2D eigenvalue weighted by atomic mass is 35.5. The Labute approximate surface area is 84.5 Å². The van der Waals surface area contributed by atoms with E-state index >= 15 is 0 Å². The molecule has 0 fully saturated rings. The van der Waals surface area contributed by atoms with Crippen molar-refractivity contribution in [3.63, 3.8) is 0 Å². The number of hydrogen-bond donors (Lipinski definition) is 0. The second-order valence-electron chi connectivity index (χ2n) is 2.69. The molecule has 6 heteroatoms. The summed E-state index contributed by atoms with van der Waals surface area (Å²) in [6.07, 6.45) is 0. The van der Waals surface area contributed by atoms with E-state index in [4.69, 9.17) is 23.2 Å². The second-order valence-corrected chi connectivity index (χ2v) is 3.39. The number of aromatic nitrogens is 4. The fourth-order valence-corrected chi connectivity index (χ4v) is 1.67. The molecule has 0 saturated carbocycles. The number of hydrogen-bond acceptors (Lipinski definition) is 3. The van der Waals surface area contributed by atoms with E-state index in [0.717, 1.165) is 11.1 Å². The average Bonchev–Trinajstić information content (AvgIpc) is 2.27. The Balaban J connectivity index is 2.94. The van der Waals surface area contributed by atoms with Crippen LogP contribution in [0.4, 0.5) is 0 Å². The summed E-state index contributed by atoms with van der Waals surface area (Å²) in [6, 6.07) is 0. The Morgan fingerprint density at radius 1 is 1.23 bits per heavy atom. The molecule has 0 unspecified atom stereocenters. The van der Waals surface area contributed by atoms with Crippen molar-refractivity contribution in [2.45, 2.75) is 6.92 Å². The zero-order valence-electron chi connectivity index (χ0n) is 7.04. The number of nitrogens with zero attached hydrogens (tertiary/aromatic N) is 4. The highest BCUT2D eigenvalue weighted by Crippen LogP contribution is 2.23. The third kappa shape index (κ3) is 1.26. The van der Waals surface area contributed by atoms with Crippen LogP contribution in [-0.4, -0.2) is 19.7 Å². The van der Waals surface area contributed by atoms with Crippen LogP contribution >= 0.6 is 23.2 Å². The van der Waals surface area contributed by atoms with Crippen molar-refractivity contribution in [3.8, 4) is 0 Å². The van der Waals surface area contributed by atoms with Gasteiger partial charge in [0.15, 0.2) is 5.65 Å². The summed E-state index contributed by atoms with van der Waals surface area (Å²) < 4.78 is 1.70. The fourth-order valence-electron chi connectivity index (χ4n) is 1.16. The number of halogens is 2. The summed E-state index contributed by atoms with van der Waals surface area (Å²) in [5, 5.41) is 5.36. The van der Waals surface area contributed by atoms with Crippen LogP contribution < -0.4 is 0 Å². The van der Waals surface area contributed by atoms with Gasteiger partial charge in [-0.2, -0.15) is 10.1 Å². The second kappa shape index (κ2) is 2.82. The minimum Gasteiger partial charge on any atom is -0.270 e. The molecule has 0 aliphatic carbocycles. The minimum absolute atomic E-state index is 0.121. The summed E-state index contributed by atoms with van der Waals surface area (Å²) in [7, 11) is 1.82. The van der Waals surface area contributed by atoms with Gasteiger partial charge in [-0.15, -0.1) is 0 Å². The summed E-state index contributed by atoms with van der Waals surface area (Å²) in [4.78, 5) is 7.80. The Morgan fingerprint density at radius 3 is 2.62 bits per heavy atom.